The molecule has 8 nitrogen and oxygen atoms in total. The average Bonchev–Trinajstić information content (AvgIpc) is 3.41. The molecule has 27 heavy (non-hydrogen) atoms. The van der Waals surface area contributed by atoms with Gasteiger partial charge in [-0.1, -0.05) is 6.07 Å². The second-order valence-corrected chi connectivity index (χ2v) is 7.43. The van der Waals surface area contributed by atoms with Crippen LogP contribution in [0.5, 0.6) is 5.75 Å². The lowest BCUT2D eigenvalue weighted by atomic mass is 9.98. The smallest absolute Gasteiger partial charge is 0.245 e. The van der Waals surface area contributed by atoms with E-state index >= 15 is 0 Å². The third-order valence-electron chi connectivity index (χ3n) is 5.85. The van der Waals surface area contributed by atoms with Crippen molar-refractivity contribution in [1.29, 1.82) is 0 Å². The summed E-state index contributed by atoms with van der Waals surface area (Å²) in [5, 5.41) is 25.7. The largest absolute Gasteiger partial charge is 0.507 e. The first-order valence-electron chi connectivity index (χ1n) is 9.22. The average molecular weight is 363 g/mol. The van der Waals surface area contributed by atoms with E-state index in [9.17, 15) is 5.11 Å². The summed E-state index contributed by atoms with van der Waals surface area (Å²) in [6.45, 7) is 1.85. The maximum absolute atomic E-state index is 10.4. The Morgan fingerprint density at radius 2 is 2.04 bits per heavy atom. The number of hydrogen-bond donors (Lipinski definition) is 3. The van der Waals surface area contributed by atoms with Crippen LogP contribution in [0.15, 0.2) is 36.8 Å². The third-order valence-corrected chi connectivity index (χ3v) is 5.85. The van der Waals surface area contributed by atoms with Crippen LogP contribution in [0.3, 0.4) is 0 Å². The zero-order valence-electron chi connectivity index (χ0n) is 14.8. The Morgan fingerprint density at radius 1 is 1.11 bits per heavy atom. The number of phenols is 1. The number of H-pyrrole nitrogens is 1. The summed E-state index contributed by atoms with van der Waals surface area (Å²) >= 11 is 0. The monoisotopic (exact) mass is 363 g/mol. The fraction of sp³-hybridized carbons (Fsp3) is 0.368. The van der Waals surface area contributed by atoms with Gasteiger partial charge in [0.15, 0.2) is 0 Å². The van der Waals surface area contributed by atoms with Crippen LogP contribution in [0.1, 0.15) is 12.8 Å². The van der Waals surface area contributed by atoms with Gasteiger partial charge in [0.05, 0.1) is 12.4 Å². The van der Waals surface area contributed by atoms with Crippen LogP contribution in [0.25, 0.3) is 22.4 Å². The van der Waals surface area contributed by atoms with Crippen molar-refractivity contribution >= 4 is 5.95 Å². The van der Waals surface area contributed by atoms with Crippen LogP contribution < -0.4 is 10.6 Å². The molecule has 2 fully saturated rings. The Morgan fingerprint density at radius 3 is 2.74 bits per heavy atom. The molecule has 1 aliphatic heterocycles. The van der Waals surface area contributed by atoms with Crippen molar-refractivity contribution in [2.45, 2.75) is 18.9 Å². The quantitative estimate of drug-likeness (QED) is 0.649. The minimum absolute atomic E-state index is 0.138. The predicted molar refractivity (Wildman–Crippen MR) is 101 cm³/mol. The zero-order chi connectivity index (χ0) is 18.4. The Labute approximate surface area is 156 Å². The standard InChI is InChI=1S/C19H21N7O/c20-16-4-2-12-9-26(10-15(12)16)19-21-8-17(24-25-19)14-3-1-11(5-18(14)27)13-6-22-23-7-13/h1,3,5-8,12,15-16,27H,2,4,9-10,20H2,(H,22,23). The summed E-state index contributed by atoms with van der Waals surface area (Å²) in [4.78, 5) is 6.66. The lowest BCUT2D eigenvalue weighted by Gasteiger charge is -2.18. The first-order valence-corrected chi connectivity index (χ1v) is 9.22. The third kappa shape index (κ3) is 2.82. The number of nitrogens with one attached hydrogen (secondary N) is 1. The normalized spacial score (nSPS) is 24.3. The highest BCUT2D eigenvalue weighted by Gasteiger charge is 2.41. The van der Waals surface area contributed by atoms with Crippen molar-refractivity contribution in [3.05, 3.63) is 36.8 Å². The first kappa shape index (κ1) is 16.2. The number of anilines is 1. The first-order chi connectivity index (χ1) is 13.2. The minimum Gasteiger partial charge on any atom is -0.507 e. The molecule has 1 saturated heterocycles. The molecular weight excluding hydrogens is 342 g/mol. The van der Waals surface area contributed by atoms with Crippen molar-refractivity contribution in [1.82, 2.24) is 25.4 Å². The molecule has 1 aliphatic carbocycles. The number of aromatic amines is 1. The molecule has 8 heteroatoms. The molecular formula is C19H21N7O. The number of rotatable bonds is 3. The van der Waals surface area contributed by atoms with E-state index in [0.29, 0.717) is 29.0 Å². The van der Waals surface area contributed by atoms with Crippen LogP contribution in [-0.4, -0.2) is 49.6 Å². The summed E-state index contributed by atoms with van der Waals surface area (Å²) in [7, 11) is 0. The minimum atomic E-state index is 0.138. The summed E-state index contributed by atoms with van der Waals surface area (Å²) in [6, 6.07) is 5.72. The number of nitrogens with zero attached hydrogens (tertiary/aromatic N) is 5. The highest BCUT2D eigenvalue weighted by molar-refractivity contribution is 5.73. The van der Waals surface area contributed by atoms with E-state index in [1.807, 2.05) is 12.1 Å². The molecule has 0 radical (unpaired) electrons. The van der Waals surface area contributed by atoms with Crippen molar-refractivity contribution in [2.75, 3.05) is 18.0 Å². The molecule has 5 rings (SSSR count). The Kier molecular flexibility index (Phi) is 3.78. The van der Waals surface area contributed by atoms with Gasteiger partial charge in [-0.25, -0.2) is 4.98 Å². The van der Waals surface area contributed by atoms with Gasteiger partial charge >= 0.3 is 0 Å². The van der Waals surface area contributed by atoms with Gasteiger partial charge in [0.25, 0.3) is 0 Å². The number of hydrogen-bond acceptors (Lipinski definition) is 7. The van der Waals surface area contributed by atoms with Gasteiger partial charge in [0.2, 0.25) is 5.95 Å². The predicted octanol–water partition coefficient (Wildman–Crippen LogP) is 1.81. The lowest BCUT2D eigenvalue weighted by Crippen LogP contribution is -2.30. The molecule has 1 saturated carbocycles. The number of aromatic nitrogens is 5. The van der Waals surface area contributed by atoms with Gasteiger partial charge in [-0.05, 0) is 42.4 Å². The SMILES string of the molecule is NC1CCC2CN(c3ncc(-c4ccc(-c5cn[nH]c5)cc4O)nn3)CC12. The second-order valence-electron chi connectivity index (χ2n) is 7.43. The van der Waals surface area contributed by atoms with E-state index < -0.39 is 0 Å². The number of aromatic hydroxyl groups is 1. The molecule has 0 spiro atoms. The molecule has 138 valence electrons. The highest BCUT2D eigenvalue weighted by atomic mass is 16.3. The molecule has 1 aromatic carbocycles. The van der Waals surface area contributed by atoms with E-state index in [2.05, 4.69) is 30.3 Å². The van der Waals surface area contributed by atoms with Crippen molar-refractivity contribution in [2.24, 2.45) is 17.6 Å². The molecule has 3 unspecified atom stereocenters. The molecule has 3 atom stereocenters. The summed E-state index contributed by atoms with van der Waals surface area (Å²) in [5.74, 6) is 1.95. The maximum Gasteiger partial charge on any atom is 0.245 e. The van der Waals surface area contributed by atoms with E-state index in [1.165, 1.54) is 6.42 Å². The van der Waals surface area contributed by atoms with Crippen molar-refractivity contribution in [3.8, 4) is 28.1 Å². The zero-order valence-corrected chi connectivity index (χ0v) is 14.8. The molecule has 3 heterocycles. The van der Waals surface area contributed by atoms with Crippen molar-refractivity contribution in [3.63, 3.8) is 0 Å². The van der Waals surface area contributed by atoms with Crippen LogP contribution in [-0.2, 0) is 0 Å². The fourth-order valence-corrected chi connectivity index (χ4v) is 4.34. The van der Waals surface area contributed by atoms with Crippen LogP contribution in [0.2, 0.25) is 0 Å². The van der Waals surface area contributed by atoms with Crippen molar-refractivity contribution < 1.29 is 5.11 Å². The van der Waals surface area contributed by atoms with Crippen LogP contribution in [0, 0.1) is 11.8 Å². The van der Waals surface area contributed by atoms with E-state index in [4.69, 9.17) is 5.73 Å². The van der Waals surface area contributed by atoms with E-state index in [1.54, 1.807) is 24.7 Å². The van der Waals surface area contributed by atoms with Gasteiger partial charge in [-0.2, -0.15) is 5.10 Å². The molecule has 2 aliphatic rings. The lowest BCUT2D eigenvalue weighted by molar-refractivity contribution is 0.453. The molecule has 0 bridgehead atoms. The second kappa shape index (κ2) is 6.31. The van der Waals surface area contributed by atoms with Gasteiger partial charge in [-0.3, -0.25) is 5.10 Å². The van der Waals surface area contributed by atoms with Crippen LogP contribution in [0.4, 0.5) is 5.95 Å². The van der Waals surface area contributed by atoms with E-state index in [0.717, 1.165) is 30.6 Å². The number of fused-ring (bicyclic) bond motifs is 1. The summed E-state index contributed by atoms with van der Waals surface area (Å²) in [5.41, 5.74) is 9.15. The summed E-state index contributed by atoms with van der Waals surface area (Å²) in [6.07, 6.45) is 7.47. The van der Waals surface area contributed by atoms with Crippen LogP contribution >= 0.6 is 0 Å². The highest BCUT2D eigenvalue weighted by Crippen LogP contribution is 2.38. The number of nitrogens with two attached hydrogens (primary N) is 1. The molecule has 0 amide bonds. The number of phenolic OH excluding ortho intramolecular Hbond substituents is 1. The van der Waals surface area contributed by atoms with Gasteiger partial charge in [0, 0.05) is 36.5 Å². The van der Waals surface area contributed by atoms with Gasteiger partial charge in [0.1, 0.15) is 11.4 Å². The molecule has 2 aromatic heterocycles. The molecule has 3 aromatic rings. The Hall–Kier alpha value is -3.00. The van der Waals surface area contributed by atoms with Gasteiger partial charge in [-0.15, -0.1) is 10.2 Å². The fourth-order valence-electron chi connectivity index (χ4n) is 4.34. The Balaban J connectivity index is 1.36. The maximum atomic E-state index is 10.4. The molecule has 4 N–H and O–H groups in total. The summed E-state index contributed by atoms with van der Waals surface area (Å²) < 4.78 is 0. The Bertz CT molecular complexity index is 941. The topological polar surface area (TPSA) is 117 Å². The van der Waals surface area contributed by atoms with Gasteiger partial charge < -0.3 is 15.7 Å². The van der Waals surface area contributed by atoms with E-state index in [-0.39, 0.29) is 11.8 Å². The number of benzene rings is 1.